The van der Waals surface area contributed by atoms with Gasteiger partial charge in [0.1, 0.15) is 5.60 Å². The van der Waals surface area contributed by atoms with Gasteiger partial charge in [-0.15, -0.1) is 0 Å². The van der Waals surface area contributed by atoms with Crippen LogP contribution in [0.5, 0.6) is 0 Å². The zero-order valence-electron chi connectivity index (χ0n) is 12.6. The molecule has 1 rings (SSSR count). The van der Waals surface area contributed by atoms with E-state index in [4.69, 9.17) is 20.1 Å². The van der Waals surface area contributed by atoms with Crippen LogP contribution < -0.4 is 5.32 Å². The van der Waals surface area contributed by atoms with Crippen molar-refractivity contribution in [2.24, 2.45) is 0 Å². The number of ether oxygens (including phenoxy) is 1. The van der Waals surface area contributed by atoms with Crippen LogP contribution in [0.25, 0.3) is 0 Å². The molecule has 0 saturated carbocycles. The smallest absolute Gasteiger partial charge is 0.410 e. The summed E-state index contributed by atoms with van der Waals surface area (Å²) < 4.78 is 5.21. The van der Waals surface area contributed by atoms with Crippen LogP contribution in [0.4, 0.5) is 4.79 Å². The molecule has 21 heavy (non-hydrogen) atoms. The molecule has 0 aromatic heterocycles. The van der Waals surface area contributed by atoms with Crippen molar-refractivity contribution in [3.63, 3.8) is 0 Å². The van der Waals surface area contributed by atoms with Crippen LogP contribution in [0.3, 0.4) is 0 Å². The Hall–Kier alpha value is -1.38. The molecule has 8 heteroatoms. The molecule has 1 aliphatic rings. The lowest BCUT2D eigenvalue weighted by molar-refractivity contribution is -0.141. The number of hydrogen-bond acceptors (Lipinski definition) is 6. The largest absolute Gasteiger partial charge is 0.481 e. The molecule has 1 fully saturated rings. The third kappa shape index (κ3) is 5.14. The van der Waals surface area contributed by atoms with Gasteiger partial charge < -0.3 is 30.3 Å². The highest BCUT2D eigenvalue weighted by Gasteiger charge is 2.48. The molecule has 1 heterocycles. The van der Waals surface area contributed by atoms with Gasteiger partial charge in [-0.05, 0) is 20.8 Å². The van der Waals surface area contributed by atoms with Crippen molar-refractivity contribution >= 4 is 12.1 Å². The molecule has 4 N–H and O–H groups in total. The van der Waals surface area contributed by atoms with Gasteiger partial charge in [-0.2, -0.15) is 0 Å². The first kappa shape index (κ1) is 17.7. The number of aliphatic hydroxyl groups is 2. The van der Waals surface area contributed by atoms with Gasteiger partial charge in [0, 0.05) is 13.1 Å². The summed E-state index contributed by atoms with van der Waals surface area (Å²) in [6.45, 7) is 4.94. The van der Waals surface area contributed by atoms with E-state index in [0.29, 0.717) is 0 Å². The maximum absolute atomic E-state index is 11.9. The minimum Gasteiger partial charge on any atom is -0.481 e. The summed E-state index contributed by atoms with van der Waals surface area (Å²) in [6, 6.07) is -0.620. The number of rotatable bonds is 6. The lowest BCUT2D eigenvalue weighted by atomic mass is 9.85. The van der Waals surface area contributed by atoms with Crippen molar-refractivity contribution in [3.8, 4) is 0 Å². The van der Waals surface area contributed by atoms with Gasteiger partial charge in [0.2, 0.25) is 0 Å². The number of carboxylic acid groups (broad SMARTS) is 1. The first-order chi connectivity index (χ1) is 9.61. The van der Waals surface area contributed by atoms with E-state index in [2.05, 4.69) is 5.32 Å². The maximum Gasteiger partial charge on any atom is 0.410 e. The van der Waals surface area contributed by atoms with Crippen LogP contribution in [0, 0.1) is 0 Å². The second-order valence-electron chi connectivity index (χ2n) is 6.39. The van der Waals surface area contributed by atoms with Crippen LogP contribution in [0.2, 0.25) is 0 Å². The first-order valence-corrected chi connectivity index (χ1v) is 6.80. The highest BCUT2D eigenvalue weighted by molar-refractivity contribution is 5.73. The van der Waals surface area contributed by atoms with Crippen molar-refractivity contribution in [2.75, 3.05) is 26.3 Å². The average molecular weight is 304 g/mol. The number of aliphatic hydroxyl groups excluding tert-OH is 2. The Bertz CT molecular complexity index is 383. The summed E-state index contributed by atoms with van der Waals surface area (Å²) in [6.07, 6.45) is -0.710. The number of carboxylic acids is 1. The topological polar surface area (TPSA) is 119 Å². The Morgan fingerprint density at radius 3 is 2.19 bits per heavy atom. The summed E-state index contributed by atoms with van der Waals surface area (Å²) in [5, 5.41) is 30.1. The molecular weight excluding hydrogens is 280 g/mol. The zero-order valence-corrected chi connectivity index (χ0v) is 12.6. The summed E-state index contributed by atoms with van der Waals surface area (Å²) in [7, 11) is 0. The Labute approximate surface area is 123 Å². The second kappa shape index (κ2) is 6.59. The van der Waals surface area contributed by atoms with Crippen LogP contribution in [-0.2, 0) is 9.53 Å². The van der Waals surface area contributed by atoms with Gasteiger partial charge in [-0.3, -0.25) is 4.79 Å². The lowest BCUT2D eigenvalue weighted by Crippen LogP contribution is -2.73. The van der Waals surface area contributed by atoms with E-state index in [-0.39, 0.29) is 32.7 Å². The predicted molar refractivity (Wildman–Crippen MR) is 73.9 cm³/mol. The van der Waals surface area contributed by atoms with Gasteiger partial charge >= 0.3 is 12.1 Å². The molecular formula is C13H24N2O6. The van der Waals surface area contributed by atoms with Crippen LogP contribution in [0.15, 0.2) is 0 Å². The number of nitrogens with one attached hydrogen (secondary N) is 1. The standard InChI is InChI=1S/C13H24N2O6/c1-12(2,3)21-11(20)15-7-13(8-15,4-10(18)19)14-9(5-16)6-17/h9,14,16-17H,4-8H2,1-3H3,(H,18,19). The number of aliphatic carboxylic acids is 1. The van der Waals surface area contributed by atoms with E-state index >= 15 is 0 Å². The van der Waals surface area contributed by atoms with E-state index in [9.17, 15) is 9.59 Å². The molecule has 0 aromatic carbocycles. The Kier molecular flexibility index (Phi) is 5.54. The summed E-state index contributed by atoms with van der Waals surface area (Å²) in [4.78, 5) is 24.2. The Balaban J connectivity index is 2.65. The van der Waals surface area contributed by atoms with Crippen molar-refractivity contribution in [3.05, 3.63) is 0 Å². The molecule has 0 aromatic rings. The van der Waals surface area contributed by atoms with Gasteiger partial charge in [-0.25, -0.2) is 4.79 Å². The fourth-order valence-electron chi connectivity index (χ4n) is 2.27. The fraction of sp³-hybridized carbons (Fsp3) is 0.846. The highest BCUT2D eigenvalue weighted by atomic mass is 16.6. The molecule has 1 amide bonds. The number of hydrogen-bond donors (Lipinski definition) is 4. The van der Waals surface area contributed by atoms with E-state index in [0.717, 1.165) is 0 Å². The monoisotopic (exact) mass is 304 g/mol. The quantitative estimate of drug-likeness (QED) is 0.517. The first-order valence-electron chi connectivity index (χ1n) is 6.80. The van der Waals surface area contributed by atoms with Crippen molar-refractivity contribution < 1.29 is 29.6 Å². The molecule has 0 bridgehead atoms. The summed E-state index contributed by atoms with van der Waals surface area (Å²) in [5.74, 6) is -1.01. The zero-order chi connectivity index (χ0) is 16.3. The van der Waals surface area contributed by atoms with E-state index in [1.165, 1.54) is 4.90 Å². The maximum atomic E-state index is 11.9. The number of nitrogens with zero attached hydrogens (tertiary/aromatic N) is 1. The molecule has 1 saturated heterocycles. The minimum atomic E-state index is -1.01. The normalized spacial score (nSPS) is 17.5. The molecule has 0 radical (unpaired) electrons. The number of likely N-dealkylation sites (tertiary alicyclic amines) is 1. The van der Waals surface area contributed by atoms with Crippen LogP contribution in [-0.4, -0.2) is 75.8 Å². The van der Waals surface area contributed by atoms with Crippen molar-refractivity contribution in [1.82, 2.24) is 10.2 Å². The Morgan fingerprint density at radius 1 is 1.29 bits per heavy atom. The third-order valence-corrected chi connectivity index (χ3v) is 3.08. The van der Waals surface area contributed by atoms with E-state index < -0.39 is 29.2 Å². The number of amides is 1. The van der Waals surface area contributed by atoms with E-state index in [1.807, 2.05) is 0 Å². The summed E-state index contributed by atoms with van der Waals surface area (Å²) in [5.41, 5.74) is -1.47. The van der Waals surface area contributed by atoms with Gasteiger partial charge in [0.15, 0.2) is 0 Å². The van der Waals surface area contributed by atoms with Gasteiger partial charge in [-0.1, -0.05) is 0 Å². The number of carbonyl (C=O) groups is 2. The third-order valence-electron chi connectivity index (χ3n) is 3.08. The van der Waals surface area contributed by atoms with Gasteiger partial charge in [0.25, 0.3) is 0 Å². The van der Waals surface area contributed by atoms with Crippen molar-refractivity contribution in [2.45, 2.75) is 44.4 Å². The highest BCUT2D eigenvalue weighted by Crippen LogP contribution is 2.27. The van der Waals surface area contributed by atoms with Gasteiger partial charge in [0.05, 0.1) is 31.2 Å². The minimum absolute atomic E-state index is 0.157. The summed E-state index contributed by atoms with van der Waals surface area (Å²) >= 11 is 0. The molecule has 0 aliphatic carbocycles. The van der Waals surface area contributed by atoms with E-state index in [1.54, 1.807) is 20.8 Å². The average Bonchev–Trinajstić information content (AvgIpc) is 2.28. The van der Waals surface area contributed by atoms with Crippen LogP contribution in [0.1, 0.15) is 27.2 Å². The molecule has 0 unspecified atom stereocenters. The van der Waals surface area contributed by atoms with Crippen LogP contribution >= 0.6 is 0 Å². The molecule has 8 nitrogen and oxygen atoms in total. The second-order valence-corrected chi connectivity index (χ2v) is 6.39. The Morgan fingerprint density at radius 2 is 1.81 bits per heavy atom. The lowest BCUT2D eigenvalue weighted by Gasteiger charge is -2.50. The molecule has 0 spiro atoms. The SMILES string of the molecule is CC(C)(C)OC(=O)N1CC(CC(=O)O)(NC(CO)CO)C1. The van der Waals surface area contributed by atoms with Crippen molar-refractivity contribution in [1.29, 1.82) is 0 Å². The molecule has 122 valence electrons. The fourth-order valence-corrected chi connectivity index (χ4v) is 2.27. The molecule has 0 atom stereocenters. The number of carbonyl (C=O) groups excluding carboxylic acids is 1. The predicted octanol–water partition coefficient (Wildman–Crippen LogP) is -0.607. The molecule has 1 aliphatic heterocycles.